The minimum atomic E-state index is 0.279. The van der Waals surface area contributed by atoms with Crippen molar-refractivity contribution in [2.45, 2.75) is 20.4 Å². The van der Waals surface area contributed by atoms with E-state index in [0.717, 1.165) is 28.4 Å². The third kappa shape index (κ3) is 3.08. The number of anilines is 1. The first-order valence-corrected chi connectivity index (χ1v) is 6.12. The van der Waals surface area contributed by atoms with Crippen LogP contribution in [0.2, 0.25) is 0 Å². The Morgan fingerprint density at radius 3 is 2.84 bits per heavy atom. The molecule has 0 radical (unpaired) electrons. The lowest BCUT2D eigenvalue weighted by molar-refractivity contribution is 0.366. The summed E-state index contributed by atoms with van der Waals surface area (Å²) >= 11 is 0. The molecule has 0 aliphatic rings. The molecule has 4 nitrogen and oxygen atoms in total. The Kier molecular flexibility index (Phi) is 4.09. The van der Waals surface area contributed by atoms with Crippen LogP contribution >= 0.6 is 0 Å². The van der Waals surface area contributed by atoms with E-state index < -0.39 is 0 Å². The van der Waals surface area contributed by atoms with Crippen molar-refractivity contribution >= 4 is 5.69 Å². The number of aryl methyl sites for hydroxylation is 2. The van der Waals surface area contributed by atoms with Gasteiger partial charge in [-0.3, -0.25) is 5.10 Å². The summed E-state index contributed by atoms with van der Waals surface area (Å²) in [6.07, 6.45) is 5.21. The Morgan fingerprint density at radius 2 is 2.16 bits per heavy atom. The summed E-state index contributed by atoms with van der Waals surface area (Å²) in [6.45, 7) is 4.90. The Hall–Kier alpha value is -2.41. The Labute approximate surface area is 113 Å². The zero-order valence-corrected chi connectivity index (χ0v) is 11.2. The van der Waals surface area contributed by atoms with Crippen LogP contribution in [-0.2, 0) is 6.54 Å². The average Bonchev–Trinajstić information content (AvgIpc) is 2.74. The number of H-pyrrole nitrogens is 1. The van der Waals surface area contributed by atoms with E-state index in [1.54, 1.807) is 0 Å². The first-order valence-electron chi connectivity index (χ1n) is 6.12. The minimum Gasteiger partial charge on any atom is -0.481 e. The molecule has 0 fully saturated rings. The van der Waals surface area contributed by atoms with Crippen molar-refractivity contribution in [2.24, 2.45) is 0 Å². The highest BCUT2D eigenvalue weighted by Gasteiger charge is 2.07. The molecule has 0 saturated heterocycles. The highest BCUT2D eigenvalue weighted by molar-refractivity contribution is 5.52. The number of hydrogen-bond donors (Lipinski definition) is 2. The van der Waals surface area contributed by atoms with Crippen LogP contribution in [-0.4, -0.2) is 16.8 Å². The van der Waals surface area contributed by atoms with E-state index in [2.05, 4.69) is 21.4 Å². The second-order valence-corrected chi connectivity index (χ2v) is 4.26. The highest BCUT2D eigenvalue weighted by atomic mass is 16.5. The quantitative estimate of drug-likeness (QED) is 0.807. The third-order valence-electron chi connectivity index (χ3n) is 2.87. The fraction of sp³-hybridized carbons (Fsp3) is 0.267. The van der Waals surface area contributed by atoms with Gasteiger partial charge in [0.2, 0.25) is 0 Å². The molecule has 4 heteroatoms. The molecule has 2 N–H and O–H groups in total. The normalized spacial score (nSPS) is 9.95. The predicted octanol–water partition coefficient (Wildman–Crippen LogP) is 2.65. The largest absolute Gasteiger partial charge is 0.481 e. The number of nitrogens with zero attached hydrogens (tertiary/aromatic N) is 1. The van der Waals surface area contributed by atoms with E-state index in [4.69, 9.17) is 11.2 Å². The molecule has 0 aliphatic carbocycles. The van der Waals surface area contributed by atoms with E-state index in [1.807, 2.05) is 38.1 Å². The summed E-state index contributed by atoms with van der Waals surface area (Å²) in [5, 5.41) is 10.5. The number of aromatic amines is 1. The molecule has 0 saturated carbocycles. The number of rotatable bonds is 5. The zero-order valence-electron chi connectivity index (χ0n) is 11.2. The second-order valence-electron chi connectivity index (χ2n) is 4.26. The highest BCUT2D eigenvalue weighted by Crippen LogP contribution is 2.21. The molecule has 0 amide bonds. The molecule has 0 atom stereocenters. The number of para-hydroxylation sites is 1. The van der Waals surface area contributed by atoms with Crippen LogP contribution < -0.4 is 10.1 Å². The van der Waals surface area contributed by atoms with Gasteiger partial charge in [-0.15, -0.1) is 6.42 Å². The van der Waals surface area contributed by atoms with Crippen molar-refractivity contribution < 1.29 is 4.74 Å². The van der Waals surface area contributed by atoms with Gasteiger partial charge in [0.25, 0.3) is 0 Å². The maximum Gasteiger partial charge on any atom is 0.148 e. The average molecular weight is 255 g/mol. The zero-order chi connectivity index (χ0) is 13.7. The van der Waals surface area contributed by atoms with Crippen molar-refractivity contribution in [2.75, 3.05) is 11.9 Å². The van der Waals surface area contributed by atoms with Gasteiger partial charge in [0.05, 0.1) is 17.1 Å². The standard InChI is InChI=1S/C15H17N3O/c1-4-9-19-14-8-6-5-7-13(14)10-16-15-11(2)17-18-12(15)3/h1,5-8,16H,9-10H2,2-3H3,(H,17,18). The van der Waals surface area contributed by atoms with Gasteiger partial charge in [0.15, 0.2) is 0 Å². The number of aromatic nitrogens is 2. The lowest BCUT2D eigenvalue weighted by Gasteiger charge is -2.11. The molecule has 0 spiro atoms. The van der Waals surface area contributed by atoms with Gasteiger partial charge in [-0.05, 0) is 19.9 Å². The summed E-state index contributed by atoms with van der Waals surface area (Å²) in [4.78, 5) is 0. The maximum absolute atomic E-state index is 5.52. The Bertz CT molecular complexity index is 576. The summed E-state index contributed by atoms with van der Waals surface area (Å²) < 4.78 is 5.52. The molecular weight excluding hydrogens is 238 g/mol. The van der Waals surface area contributed by atoms with Crippen molar-refractivity contribution in [3.05, 3.63) is 41.2 Å². The topological polar surface area (TPSA) is 49.9 Å². The van der Waals surface area contributed by atoms with Gasteiger partial charge >= 0.3 is 0 Å². The summed E-state index contributed by atoms with van der Waals surface area (Å²) in [5.74, 6) is 3.29. The van der Waals surface area contributed by atoms with Crippen molar-refractivity contribution in [1.29, 1.82) is 0 Å². The van der Waals surface area contributed by atoms with Crippen LogP contribution in [0, 0.1) is 26.2 Å². The molecule has 0 bridgehead atoms. The maximum atomic E-state index is 5.52. The Balaban J connectivity index is 2.09. The van der Waals surface area contributed by atoms with Crippen molar-refractivity contribution in [3.8, 4) is 18.1 Å². The van der Waals surface area contributed by atoms with Crippen LogP contribution in [0.15, 0.2) is 24.3 Å². The second kappa shape index (κ2) is 5.96. The van der Waals surface area contributed by atoms with Crippen LogP contribution in [0.3, 0.4) is 0 Å². The van der Waals surface area contributed by atoms with E-state index in [1.165, 1.54) is 0 Å². The number of hydrogen-bond acceptors (Lipinski definition) is 3. The Morgan fingerprint density at radius 1 is 1.37 bits per heavy atom. The van der Waals surface area contributed by atoms with E-state index in [9.17, 15) is 0 Å². The van der Waals surface area contributed by atoms with Gasteiger partial charge in [-0.25, -0.2) is 0 Å². The molecule has 1 heterocycles. The monoisotopic (exact) mass is 255 g/mol. The number of ether oxygens (including phenoxy) is 1. The molecule has 1 aromatic carbocycles. The summed E-state index contributed by atoms with van der Waals surface area (Å²) in [6, 6.07) is 7.85. The molecule has 2 rings (SSSR count). The van der Waals surface area contributed by atoms with Crippen molar-refractivity contribution in [3.63, 3.8) is 0 Å². The van der Waals surface area contributed by atoms with Crippen LogP contribution in [0.25, 0.3) is 0 Å². The third-order valence-corrected chi connectivity index (χ3v) is 2.87. The van der Waals surface area contributed by atoms with E-state index in [-0.39, 0.29) is 6.61 Å². The van der Waals surface area contributed by atoms with Gasteiger partial charge < -0.3 is 10.1 Å². The lowest BCUT2D eigenvalue weighted by atomic mass is 10.2. The fourth-order valence-corrected chi connectivity index (χ4v) is 1.91. The molecule has 19 heavy (non-hydrogen) atoms. The predicted molar refractivity (Wildman–Crippen MR) is 76.2 cm³/mol. The van der Waals surface area contributed by atoms with Gasteiger partial charge in [0.1, 0.15) is 12.4 Å². The van der Waals surface area contributed by atoms with E-state index in [0.29, 0.717) is 6.54 Å². The van der Waals surface area contributed by atoms with Gasteiger partial charge in [-0.2, -0.15) is 5.10 Å². The number of nitrogens with one attached hydrogen (secondary N) is 2. The fourth-order valence-electron chi connectivity index (χ4n) is 1.91. The molecule has 0 aliphatic heterocycles. The van der Waals surface area contributed by atoms with Crippen molar-refractivity contribution in [1.82, 2.24) is 10.2 Å². The van der Waals surface area contributed by atoms with Gasteiger partial charge in [-0.1, -0.05) is 24.1 Å². The van der Waals surface area contributed by atoms with Crippen LogP contribution in [0.1, 0.15) is 17.0 Å². The minimum absolute atomic E-state index is 0.279. The van der Waals surface area contributed by atoms with E-state index >= 15 is 0 Å². The van der Waals surface area contributed by atoms with Crippen LogP contribution in [0.5, 0.6) is 5.75 Å². The summed E-state index contributed by atoms with van der Waals surface area (Å²) in [7, 11) is 0. The first kappa shape index (κ1) is 13.0. The molecule has 0 unspecified atom stereocenters. The number of terminal acetylenes is 1. The first-order chi connectivity index (χ1) is 9.22. The summed E-state index contributed by atoms with van der Waals surface area (Å²) in [5.41, 5.74) is 4.09. The number of benzene rings is 1. The van der Waals surface area contributed by atoms with Crippen LogP contribution in [0.4, 0.5) is 5.69 Å². The molecular formula is C15H17N3O. The van der Waals surface area contributed by atoms with Gasteiger partial charge in [0, 0.05) is 12.1 Å². The molecule has 1 aromatic heterocycles. The SMILES string of the molecule is C#CCOc1ccccc1CNc1c(C)n[nH]c1C. The molecule has 98 valence electrons. The lowest BCUT2D eigenvalue weighted by Crippen LogP contribution is -2.04. The molecule has 2 aromatic rings. The smallest absolute Gasteiger partial charge is 0.148 e.